The van der Waals surface area contributed by atoms with E-state index in [2.05, 4.69) is 11.8 Å². The maximum atomic E-state index is 12.1. The Bertz CT molecular complexity index is 418. The van der Waals surface area contributed by atoms with Gasteiger partial charge in [0.2, 0.25) is 5.91 Å². The number of carbonyl (C=O) groups excluding carboxylic acids is 1. The van der Waals surface area contributed by atoms with E-state index in [4.69, 9.17) is 5.73 Å². The van der Waals surface area contributed by atoms with Crippen LogP contribution in [0.2, 0.25) is 0 Å². The minimum Gasteiger partial charge on any atom is -0.399 e. The third kappa shape index (κ3) is 4.91. The van der Waals surface area contributed by atoms with Gasteiger partial charge < -0.3 is 10.6 Å². The Morgan fingerprint density at radius 1 is 1.37 bits per heavy atom. The molecule has 0 radical (unpaired) electrons. The van der Waals surface area contributed by atoms with Crippen molar-refractivity contribution in [1.29, 1.82) is 0 Å². The van der Waals surface area contributed by atoms with Gasteiger partial charge in [0.25, 0.3) is 0 Å². The molecule has 0 saturated heterocycles. The zero-order valence-electron chi connectivity index (χ0n) is 12.4. The van der Waals surface area contributed by atoms with Gasteiger partial charge in [-0.1, -0.05) is 19.1 Å². The minimum absolute atomic E-state index is 0.153. The second-order valence-corrected chi connectivity index (χ2v) is 5.15. The van der Waals surface area contributed by atoms with Crippen molar-refractivity contribution in [2.45, 2.75) is 33.4 Å². The van der Waals surface area contributed by atoms with Crippen molar-refractivity contribution in [3.8, 4) is 0 Å². The molecule has 4 heteroatoms. The van der Waals surface area contributed by atoms with Crippen molar-refractivity contribution in [3.63, 3.8) is 0 Å². The topological polar surface area (TPSA) is 49.6 Å². The quantitative estimate of drug-likeness (QED) is 0.798. The summed E-state index contributed by atoms with van der Waals surface area (Å²) >= 11 is 0. The molecule has 0 spiro atoms. The molecular weight excluding hydrogens is 238 g/mol. The lowest BCUT2D eigenvalue weighted by Crippen LogP contribution is -2.41. The van der Waals surface area contributed by atoms with Gasteiger partial charge in [-0.25, -0.2) is 0 Å². The van der Waals surface area contributed by atoms with Crippen LogP contribution in [0.4, 0.5) is 5.69 Å². The van der Waals surface area contributed by atoms with Crippen LogP contribution < -0.4 is 5.73 Å². The van der Waals surface area contributed by atoms with E-state index < -0.39 is 0 Å². The molecule has 0 heterocycles. The van der Waals surface area contributed by atoms with Gasteiger partial charge in [-0.2, -0.15) is 0 Å². The maximum Gasteiger partial charge on any atom is 0.236 e. The van der Waals surface area contributed by atoms with Crippen LogP contribution in [0.1, 0.15) is 26.3 Å². The highest BCUT2D eigenvalue weighted by Gasteiger charge is 2.15. The first-order valence-corrected chi connectivity index (χ1v) is 6.76. The van der Waals surface area contributed by atoms with Crippen molar-refractivity contribution < 1.29 is 4.79 Å². The molecule has 1 aromatic rings. The molecule has 4 nitrogen and oxygen atoms in total. The summed E-state index contributed by atoms with van der Waals surface area (Å²) < 4.78 is 0. The molecule has 0 bridgehead atoms. The summed E-state index contributed by atoms with van der Waals surface area (Å²) in [6.07, 6.45) is 0. The number of likely N-dealkylation sites (N-methyl/N-ethyl adjacent to an activating group) is 2. The van der Waals surface area contributed by atoms with E-state index in [1.165, 1.54) is 0 Å². The number of benzene rings is 1. The molecule has 1 rings (SSSR count). The number of nitrogens with two attached hydrogens (primary N) is 1. The van der Waals surface area contributed by atoms with Crippen LogP contribution in [-0.2, 0) is 11.3 Å². The fourth-order valence-corrected chi connectivity index (χ4v) is 1.82. The first kappa shape index (κ1) is 15.5. The summed E-state index contributed by atoms with van der Waals surface area (Å²) in [5.74, 6) is 0.153. The van der Waals surface area contributed by atoms with Gasteiger partial charge >= 0.3 is 0 Å². The lowest BCUT2D eigenvalue weighted by molar-refractivity contribution is -0.132. The third-order valence-corrected chi connectivity index (χ3v) is 3.33. The van der Waals surface area contributed by atoms with E-state index in [9.17, 15) is 4.79 Å². The van der Waals surface area contributed by atoms with Gasteiger partial charge in [0.15, 0.2) is 0 Å². The molecule has 0 unspecified atom stereocenters. The van der Waals surface area contributed by atoms with Crippen LogP contribution >= 0.6 is 0 Å². The molecule has 0 aromatic heterocycles. The molecule has 0 fully saturated rings. The van der Waals surface area contributed by atoms with Crippen LogP contribution in [0.3, 0.4) is 0 Å². The Morgan fingerprint density at radius 2 is 2.05 bits per heavy atom. The zero-order chi connectivity index (χ0) is 14.4. The van der Waals surface area contributed by atoms with Crippen LogP contribution in [0.5, 0.6) is 0 Å². The molecule has 0 aliphatic heterocycles. The number of nitrogen functional groups attached to an aromatic ring is 1. The van der Waals surface area contributed by atoms with Gasteiger partial charge in [0.05, 0.1) is 6.54 Å². The second-order valence-electron chi connectivity index (χ2n) is 5.15. The van der Waals surface area contributed by atoms with E-state index in [1.807, 2.05) is 45.2 Å². The second kappa shape index (κ2) is 7.14. The number of hydrogen-bond acceptors (Lipinski definition) is 3. The number of hydrogen-bond donors (Lipinski definition) is 1. The van der Waals surface area contributed by atoms with E-state index in [0.717, 1.165) is 24.3 Å². The fraction of sp³-hybridized carbons (Fsp3) is 0.533. The molecule has 0 atom stereocenters. The summed E-state index contributed by atoms with van der Waals surface area (Å²) in [5.41, 5.74) is 7.68. The molecule has 106 valence electrons. The van der Waals surface area contributed by atoms with Gasteiger partial charge in [-0.15, -0.1) is 0 Å². The van der Waals surface area contributed by atoms with Crippen molar-refractivity contribution in [2.24, 2.45) is 0 Å². The Balaban J connectivity index is 2.61. The summed E-state index contributed by atoms with van der Waals surface area (Å²) in [7, 11) is 1.85. The first-order chi connectivity index (χ1) is 8.93. The van der Waals surface area contributed by atoms with Crippen LogP contribution in [0.15, 0.2) is 24.3 Å². The van der Waals surface area contributed by atoms with Gasteiger partial charge in [-0.3, -0.25) is 9.69 Å². The van der Waals surface area contributed by atoms with Gasteiger partial charge in [-0.05, 0) is 38.1 Å². The molecule has 0 aliphatic rings. The number of nitrogens with zero attached hydrogens (tertiary/aromatic N) is 2. The Hall–Kier alpha value is -1.55. The summed E-state index contributed by atoms with van der Waals surface area (Å²) in [5, 5.41) is 0. The number of carbonyl (C=O) groups is 1. The molecule has 1 aromatic carbocycles. The van der Waals surface area contributed by atoms with E-state index in [0.29, 0.717) is 6.54 Å². The predicted octanol–water partition coefficient (Wildman–Crippen LogP) is 1.96. The monoisotopic (exact) mass is 263 g/mol. The third-order valence-electron chi connectivity index (χ3n) is 3.33. The number of rotatable bonds is 6. The predicted molar refractivity (Wildman–Crippen MR) is 79.7 cm³/mol. The molecular formula is C15H25N3O. The summed E-state index contributed by atoms with van der Waals surface area (Å²) in [4.78, 5) is 16.0. The average Bonchev–Trinajstić information content (AvgIpc) is 2.36. The molecule has 0 saturated carbocycles. The Morgan fingerprint density at radius 3 is 2.58 bits per heavy atom. The van der Waals surface area contributed by atoms with Crippen LogP contribution in [-0.4, -0.2) is 41.9 Å². The van der Waals surface area contributed by atoms with E-state index >= 15 is 0 Å². The fourth-order valence-electron chi connectivity index (χ4n) is 1.82. The number of anilines is 1. The highest BCUT2D eigenvalue weighted by Crippen LogP contribution is 2.10. The number of amides is 1. The first-order valence-electron chi connectivity index (χ1n) is 6.76. The van der Waals surface area contributed by atoms with Gasteiger partial charge in [0, 0.05) is 25.3 Å². The molecule has 1 amide bonds. The molecule has 19 heavy (non-hydrogen) atoms. The molecule has 0 aliphatic carbocycles. The van der Waals surface area contributed by atoms with Crippen molar-refractivity contribution in [1.82, 2.24) is 9.80 Å². The largest absolute Gasteiger partial charge is 0.399 e. The standard InChI is InChI=1S/C15H25N3O/c1-5-18(11-15(19)17(4)12(2)3)10-13-7-6-8-14(16)9-13/h6-9,12H,5,10-11,16H2,1-4H3. The lowest BCUT2D eigenvalue weighted by atomic mass is 10.2. The van der Waals surface area contributed by atoms with Crippen molar-refractivity contribution in [2.75, 3.05) is 25.9 Å². The maximum absolute atomic E-state index is 12.1. The van der Waals surface area contributed by atoms with Crippen molar-refractivity contribution >= 4 is 11.6 Å². The highest BCUT2D eigenvalue weighted by molar-refractivity contribution is 5.78. The summed E-state index contributed by atoms with van der Waals surface area (Å²) in [6.45, 7) is 8.14. The van der Waals surface area contributed by atoms with Crippen LogP contribution in [0, 0.1) is 0 Å². The van der Waals surface area contributed by atoms with E-state index in [1.54, 1.807) is 4.90 Å². The average molecular weight is 263 g/mol. The van der Waals surface area contributed by atoms with Gasteiger partial charge in [0.1, 0.15) is 0 Å². The SMILES string of the molecule is CCN(CC(=O)N(C)C(C)C)Cc1cccc(N)c1. The Labute approximate surface area is 116 Å². The lowest BCUT2D eigenvalue weighted by Gasteiger charge is -2.26. The summed E-state index contributed by atoms with van der Waals surface area (Å²) in [6, 6.07) is 8.05. The molecule has 2 N–H and O–H groups in total. The highest BCUT2D eigenvalue weighted by atomic mass is 16.2. The smallest absolute Gasteiger partial charge is 0.236 e. The Kier molecular flexibility index (Phi) is 5.83. The van der Waals surface area contributed by atoms with Crippen molar-refractivity contribution in [3.05, 3.63) is 29.8 Å². The zero-order valence-corrected chi connectivity index (χ0v) is 12.4. The minimum atomic E-state index is 0.153. The van der Waals surface area contributed by atoms with Crippen LogP contribution in [0.25, 0.3) is 0 Å². The normalized spacial score (nSPS) is 11.1. The van der Waals surface area contributed by atoms with E-state index in [-0.39, 0.29) is 11.9 Å².